The molecule has 36 heavy (non-hydrogen) atoms. The molecule has 182 valence electrons. The van der Waals surface area contributed by atoms with Gasteiger partial charge in [-0.2, -0.15) is 0 Å². The van der Waals surface area contributed by atoms with Crippen molar-refractivity contribution in [2.24, 2.45) is 0 Å². The number of fused-ring (bicyclic) bond motifs is 2. The molecule has 14 heteroatoms. The summed E-state index contributed by atoms with van der Waals surface area (Å²) in [4.78, 5) is 25.8. The van der Waals surface area contributed by atoms with E-state index in [1.54, 1.807) is 6.92 Å². The number of esters is 1. The molecule has 1 aliphatic carbocycles. The Morgan fingerprint density at radius 3 is 2.17 bits per heavy atom. The van der Waals surface area contributed by atoms with Gasteiger partial charge in [-0.15, -0.1) is 0 Å². The van der Waals surface area contributed by atoms with Crippen molar-refractivity contribution in [3.63, 3.8) is 0 Å². The second kappa shape index (κ2) is 11.9. The predicted octanol–water partition coefficient (Wildman–Crippen LogP) is 6.48. The molecule has 0 radical (unpaired) electrons. The molecule has 0 unspecified atom stereocenters. The van der Waals surface area contributed by atoms with E-state index in [0.717, 1.165) is 0 Å². The average molecular weight is 836 g/mol. The molecule has 2 aromatic carbocycles. The van der Waals surface area contributed by atoms with Crippen LogP contribution in [-0.2, 0) is 4.74 Å². The van der Waals surface area contributed by atoms with E-state index in [1.807, 2.05) is 0 Å². The molecule has 0 bridgehead atoms. The molecule has 0 fully saturated rings. The van der Waals surface area contributed by atoms with Crippen LogP contribution in [0.25, 0.3) is 33.4 Å². The third-order valence-electron chi connectivity index (χ3n) is 5.00. The van der Waals surface area contributed by atoms with Gasteiger partial charge in [-0.05, 0) is 66.8 Å². The SMILES string of the molecule is CCOC(=O)c1c(Cl)c(Cl)c(Cl)c(Cl)c1-c1c2cc(Br)c(=O)c(Br)c-2oc2c(Br)c([O-])c(Br)cc12.[Na+]. The minimum Gasteiger partial charge on any atom is -0.871 e. The zero-order valence-electron chi connectivity index (χ0n) is 17.9. The summed E-state index contributed by atoms with van der Waals surface area (Å²) in [5.41, 5.74) is 0.304. The molecule has 1 heterocycles. The Bertz CT molecular complexity index is 1610. The second-order valence-electron chi connectivity index (χ2n) is 6.96. The fourth-order valence-corrected chi connectivity index (χ4v) is 6.94. The van der Waals surface area contributed by atoms with E-state index in [1.165, 1.54) is 12.1 Å². The molecule has 0 spiro atoms. The van der Waals surface area contributed by atoms with E-state index >= 15 is 0 Å². The number of halogens is 8. The normalized spacial score (nSPS) is 11.1. The number of hydrogen-bond donors (Lipinski definition) is 0. The molecule has 0 N–H and O–H groups in total. The molecule has 0 amide bonds. The van der Waals surface area contributed by atoms with Crippen LogP contribution in [0.1, 0.15) is 17.3 Å². The number of benzene rings is 3. The van der Waals surface area contributed by atoms with Crippen molar-refractivity contribution in [3.05, 3.63) is 65.9 Å². The number of ether oxygens (including phenoxy) is 1. The van der Waals surface area contributed by atoms with Crippen LogP contribution in [0.5, 0.6) is 5.75 Å². The molecule has 2 aliphatic rings. The van der Waals surface area contributed by atoms with Crippen molar-refractivity contribution >= 4 is 127 Å². The second-order valence-corrected chi connectivity index (χ2v) is 11.8. The largest absolute Gasteiger partial charge is 1.00 e. The van der Waals surface area contributed by atoms with Crippen LogP contribution in [-0.4, -0.2) is 12.6 Å². The first-order valence-corrected chi connectivity index (χ1v) is 14.1. The number of hydrogen-bond acceptors (Lipinski definition) is 5. The zero-order chi connectivity index (χ0) is 25.9. The fraction of sp³-hybridized carbons (Fsp3) is 0.0909. The summed E-state index contributed by atoms with van der Waals surface area (Å²) in [6, 6.07) is 3.02. The van der Waals surface area contributed by atoms with Crippen LogP contribution in [0.4, 0.5) is 0 Å². The van der Waals surface area contributed by atoms with Crippen molar-refractivity contribution in [1.82, 2.24) is 0 Å². The Kier molecular flexibility index (Phi) is 10.3. The van der Waals surface area contributed by atoms with E-state index in [-0.39, 0.29) is 96.6 Å². The quantitative estimate of drug-likeness (QED) is 0.0777. The summed E-state index contributed by atoms with van der Waals surface area (Å²) < 4.78 is 11.8. The average Bonchev–Trinajstić information content (AvgIpc) is 2.82. The molecule has 1 aliphatic heterocycles. The van der Waals surface area contributed by atoms with Crippen LogP contribution >= 0.6 is 110 Å². The smallest absolute Gasteiger partial charge is 0.871 e. The van der Waals surface area contributed by atoms with Gasteiger partial charge in [-0.1, -0.05) is 68.1 Å². The Labute approximate surface area is 279 Å². The van der Waals surface area contributed by atoms with Crippen LogP contribution in [0.3, 0.4) is 0 Å². The molecule has 0 saturated heterocycles. The summed E-state index contributed by atoms with van der Waals surface area (Å²) >= 11 is 39.0. The van der Waals surface area contributed by atoms with Crippen molar-refractivity contribution in [3.8, 4) is 28.2 Å². The first-order valence-electron chi connectivity index (χ1n) is 9.39. The van der Waals surface area contributed by atoms with Gasteiger partial charge in [0.05, 0.1) is 41.2 Å². The monoisotopic (exact) mass is 830 g/mol. The van der Waals surface area contributed by atoms with Crippen molar-refractivity contribution in [2.45, 2.75) is 6.92 Å². The Morgan fingerprint density at radius 2 is 1.56 bits per heavy atom. The first-order chi connectivity index (χ1) is 16.4. The van der Waals surface area contributed by atoms with Gasteiger partial charge >= 0.3 is 35.5 Å². The summed E-state index contributed by atoms with van der Waals surface area (Å²) in [7, 11) is 0. The van der Waals surface area contributed by atoms with E-state index < -0.39 is 17.1 Å². The van der Waals surface area contributed by atoms with Crippen LogP contribution in [0.15, 0.2) is 39.2 Å². The van der Waals surface area contributed by atoms with Crippen molar-refractivity contribution < 1.29 is 48.6 Å². The van der Waals surface area contributed by atoms with E-state index in [9.17, 15) is 14.7 Å². The Hall–Kier alpha value is 0.480. The van der Waals surface area contributed by atoms with Gasteiger partial charge in [0, 0.05) is 26.5 Å². The molecule has 2 aromatic rings. The minimum atomic E-state index is -0.799. The molecule has 5 nitrogen and oxygen atoms in total. The number of carbonyl (C=O) groups excluding carboxylic acids is 1. The van der Waals surface area contributed by atoms with E-state index in [0.29, 0.717) is 16.5 Å². The third kappa shape index (κ3) is 5.05. The predicted molar refractivity (Wildman–Crippen MR) is 151 cm³/mol. The minimum absolute atomic E-state index is 0. The fourth-order valence-electron chi connectivity index (χ4n) is 3.52. The maximum Gasteiger partial charge on any atom is 1.00 e. The van der Waals surface area contributed by atoms with Gasteiger partial charge in [-0.3, -0.25) is 4.79 Å². The standard InChI is InChI=1S/C22H8Br4Cl4O5.Na/c1-2-34-22(33)11-10(14(27)16(29)17(30)15(11)28)9-5-3-7(23)18(31)12(25)20(5)35-21-6(9)4-8(24)19(32)13(21)26;/h3-4,31H,2H2,1H3;/q;+1/p-1. The van der Waals surface area contributed by atoms with Gasteiger partial charge < -0.3 is 14.3 Å². The van der Waals surface area contributed by atoms with Crippen LogP contribution < -0.4 is 40.1 Å². The van der Waals surface area contributed by atoms with Gasteiger partial charge in [0.1, 0.15) is 10.1 Å². The number of carbonyl (C=O) groups is 1. The zero-order valence-corrected chi connectivity index (χ0v) is 29.3. The molecular weight excluding hydrogens is 829 g/mol. The summed E-state index contributed by atoms with van der Waals surface area (Å²) in [5, 5.41) is 12.5. The maximum absolute atomic E-state index is 13.1. The Balaban J connectivity index is 0.00000361. The number of rotatable bonds is 3. The van der Waals surface area contributed by atoms with Crippen molar-refractivity contribution in [2.75, 3.05) is 6.61 Å². The first kappa shape index (κ1) is 31.0. The topological polar surface area (TPSA) is 79.6 Å². The summed E-state index contributed by atoms with van der Waals surface area (Å²) in [5.74, 6) is -1.10. The van der Waals surface area contributed by atoms with E-state index in [4.69, 9.17) is 55.6 Å². The molecule has 0 saturated carbocycles. The molecular formula is C22H7Br4Cl4NaO5. The Morgan fingerprint density at radius 1 is 0.944 bits per heavy atom. The van der Waals surface area contributed by atoms with E-state index in [2.05, 4.69) is 63.7 Å². The van der Waals surface area contributed by atoms with Gasteiger partial charge in [0.25, 0.3) is 0 Å². The van der Waals surface area contributed by atoms with Gasteiger partial charge in [-0.25, -0.2) is 4.79 Å². The molecule has 0 aromatic heterocycles. The molecule has 4 rings (SSSR count). The molecule has 0 atom stereocenters. The van der Waals surface area contributed by atoms with Crippen LogP contribution in [0, 0.1) is 0 Å². The third-order valence-corrected chi connectivity index (χ3v) is 9.42. The van der Waals surface area contributed by atoms with Gasteiger partial charge in [0.2, 0.25) is 5.43 Å². The summed E-state index contributed by atoms with van der Waals surface area (Å²) in [6.07, 6.45) is 0. The maximum atomic E-state index is 13.1. The van der Waals surface area contributed by atoms with Crippen molar-refractivity contribution in [1.29, 1.82) is 0 Å². The summed E-state index contributed by atoms with van der Waals surface area (Å²) in [6.45, 7) is 1.68. The van der Waals surface area contributed by atoms with Crippen LogP contribution in [0.2, 0.25) is 20.1 Å². The van der Waals surface area contributed by atoms with Gasteiger partial charge in [0.15, 0.2) is 5.76 Å².